The quantitative estimate of drug-likeness (QED) is 0.823. The molecular weight excluding hydrogens is 293 g/mol. The predicted molar refractivity (Wildman–Crippen MR) is 70.7 cm³/mol. The van der Waals surface area contributed by atoms with Crippen LogP contribution in [-0.4, -0.2) is 16.1 Å². The lowest BCUT2D eigenvalue weighted by Gasteiger charge is -2.14. The molecule has 0 aliphatic heterocycles. The maximum Gasteiger partial charge on any atom is 0.408 e. The van der Waals surface area contributed by atoms with E-state index in [1.807, 2.05) is 0 Å². The van der Waals surface area contributed by atoms with Gasteiger partial charge < -0.3 is 0 Å². The average molecular weight is 305 g/mol. The Kier molecular flexibility index (Phi) is 3.70. The largest absolute Gasteiger partial charge is 0.408 e. The zero-order valence-electron chi connectivity index (χ0n) is 10.8. The van der Waals surface area contributed by atoms with Crippen molar-refractivity contribution < 1.29 is 13.2 Å². The van der Waals surface area contributed by atoms with Gasteiger partial charge in [0, 0.05) is 9.75 Å². The average Bonchev–Trinajstić information content (AvgIpc) is 2.71. The minimum absolute atomic E-state index is 0.00347. The van der Waals surface area contributed by atoms with Crippen molar-refractivity contribution in [1.29, 1.82) is 0 Å². The van der Waals surface area contributed by atoms with Gasteiger partial charge in [0.1, 0.15) is 10.0 Å². The van der Waals surface area contributed by atoms with Crippen molar-refractivity contribution >= 4 is 22.7 Å². The normalized spacial score (nSPS) is 12.4. The van der Waals surface area contributed by atoms with E-state index in [1.54, 1.807) is 27.7 Å². The second kappa shape index (κ2) is 4.86. The lowest BCUT2D eigenvalue weighted by Crippen LogP contribution is -2.22. The number of thiazole rings is 2. The van der Waals surface area contributed by atoms with Crippen molar-refractivity contribution in [3.05, 3.63) is 37.1 Å². The summed E-state index contributed by atoms with van der Waals surface area (Å²) >= 11 is 2.12. The Hall–Kier alpha value is -0.950. The zero-order valence-corrected chi connectivity index (χ0v) is 12.5. The van der Waals surface area contributed by atoms with Crippen molar-refractivity contribution in [2.24, 2.45) is 0 Å². The molecule has 2 nitrogen and oxygen atoms in total. The Morgan fingerprint density at radius 1 is 0.842 bits per heavy atom. The molecule has 7 heteroatoms. The SMILES string of the molecule is Cc1nc([C](c2nc(C)c(C)s2)C(F)(F)F)sc1C. The molecule has 1 radical (unpaired) electrons. The van der Waals surface area contributed by atoms with Crippen molar-refractivity contribution in [3.8, 4) is 0 Å². The van der Waals surface area contributed by atoms with Gasteiger partial charge in [-0.1, -0.05) is 0 Å². The molecule has 0 aliphatic carbocycles. The number of halogens is 3. The number of hydrogen-bond donors (Lipinski definition) is 0. The molecule has 19 heavy (non-hydrogen) atoms. The van der Waals surface area contributed by atoms with Gasteiger partial charge in [-0.3, -0.25) is 0 Å². The highest BCUT2D eigenvalue weighted by molar-refractivity contribution is 7.14. The van der Waals surface area contributed by atoms with E-state index in [0.717, 1.165) is 32.4 Å². The Balaban J connectivity index is 2.53. The monoisotopic (exact) mass is 305 g/mol. The number of aromatic nitrogens is 2. The van der Waals surface area contributed by atoms with Crippen LogP contribution in [0.1, 0.15) is 31.2 Å². The fraction of sp³-hybridized carbons (Fsp3) is 0.417. The third kappa shape index (κ3) is 2.81. The molecule has 0 saturated heterocycles. The summed E-state index contributed by atoms with van der Waals surface area (Å²) in [5, 5.41) is -0.00694. The summed E-state index contributed by atoms with van der Waals surface area (Å²) in [6.07, 6.45) is -4.45. The molecule has 0 fully saturated rings. The first-order valence-corrected chi connectivity index (χ1v) is 7.16. The molecule has 0 atom stereocenters. The van der Waals surface area contributed by atoms with Gasteiger partial charge in [-0.15, -0.1) is 22.7 Å². The summed E-state index contributed by atoms with van der Waals surface area (Å²) in [6, 6.07) is 0. The molecule has 0 N–H and O–H groups in total. The van der Waals surface area contributed by atoms with Crippen LogP contribution in [0.15, 0.2) is 0 Å². The van der Waals surface area contributed by atoms with Crippen LogP contribution in [0.3, 0.4) is 0 Å². The lowest BCUT2D eigenvalue weighted by molar-refractivity contribution is -0.105. The minimum Gasteiger partial charge on any atom is -0.245 e. The maximum absolute atomic E-state index is 13.3. The summed E-state index contributed by atoms with van der Waals surface area (Å²) in [4.78, 5) is 9.63. The molecule has 0 unspecified atom stereocenters. The Bertz CT molecular complexity index is 513. The van der Waals surface area contributed by atoms with Crippen LogP contribution in [0.4, 0.5) is 13.2 Å². The fourth-order valence-electron chi connectivity index (χ4n) is 1.49. The first kappa shape index (κ1) is 14.5. The molecule has 2 aromatic heterocycles. The Labute approximate surface area is 117 Å². The second-order valence-electron chi connectivity index (χ2n) is 4.19. The van der Waals surface area contributed by atoms with E-state index < -0.39 is 12.1 Å². The molecule has 2 rings (SSSR count). The number of rotatable bonds is 2. The standard InChI is InChI=1S/C12H12F3N2S2/c1-5-7(3)18-10(16-5)9(12(13,14)15)11-17-6(2)8(4)19-11/h1-4H3. The van der Waals surface area contributed by atoms with Crippen LogP contribution in [0.25, 0.3) is 0 Å². The number of aryl methyl sites for hydroxylation is 4. The van der Waals surface area contributed by atoms with Crippen molar-refractivity contribution in [2.75, 3.05) is 0 Å². The van der Waals surface area contributed by atoms with Crippen molar-refractivity contribution in [3.63, 3.8) is 0 Å². The van der Waals surface area contributed by atoms with Gasteiger partial charge in [0.05, 0.1) is 11.4 Å². The lowest BCUT2D eigenvalue weighted by atomic mass is 10.1. The van der Waals surface area contributed by atoms with E-state index in [2.05, 4.69) is 9.97 Å². The molecule has 2 heterocycles. The Morgan fingerprint density at radius 3 is 1.42 bits per heavy atom. The third-order valence-corrected chi connectivity index (χ3v) is 4.95. The van der Waals surface area contributed by atoms with E-state index in [4.69, 9.17) is 0 Å². The van der Waals surface area contributed by atoms with Crippen LogP contribution < -0.4 is 0 Å². The van der Waals surface area contributed by atoms with Crippen LogP contribution >= 0.6 is 22.7 Å². The zero-order chi connectivity index (χ0) is 14.4. The summed E-state index contributed by atoms with van der Waals surface area (Å²) in [6.45, 7) is 6.95. The topological polar surface area (TPSA) is 25.8 Å². The molecule has 0 saturated carbocycles. The molecule has 0 aromatic carbocycles. The highest BCUT2D eigenvalue weighted by atomic mass is 32.1. The first-order valence-electron chi connectivity index (χ1n) is 5.53. The molecular formula is C12H12F3N2S2. The number of nitrogens with zero attached hydrogens (tertiary/aromatic N) is 2. The van der Waals surface area contributed by atoms with Crippen molar-refractivity contribution in [2.45, 2.75) is 33.9 Å². The molecule has 103 valence electrons. The molecule has 2 aromatic rings. The van der Waals surface area contributed by atoms with E-state index in [1.165, 1.54) is 0 Å². The van der Waals surface area contributed by atoms with Gasteiger partial charge in [0.2, 0.25) is 0 Å². The van der Waals surface area contributed by atoms with E-state index in [-0.39, 0.29) is 10.0 Å². The maximum atomic E-state index is 13.3. The van der Waals surface area contributed by atoms with Crippen LogP contribution in [0.2, 0.25) is 0 Å². The summed E-state index contributed by atoms with van der Waals surface area (Å²) in [5.41, 5.74) is 1.26. The van der Waals surface area contributed by atoms with Gasteiger partial charge in [-0.25, -0.2) is 9.97 Å². The first-order chi connectivity index (χ1) is 8.70. The van der Waals surface area contributed by atoms with Crippen LogP contribution in [-0.2, 0) is 0 Å². The summed E-state index contributed by atoms with van der Waals surface area (Å²) in [5.74, 6) is -0.727. The van der Waals surface area contributed by atoms with E-state index in [0.29, 0.717) is 11.4 Å². The third-order valence-electron chi connectivity index (χ3n) is 2.77. The van der Waals surface area contributed by atoms with Gasteiger partial charge >= 0.3 is 6.18 Å². The van der Waals surface area contributed by atoms with Gasteiger partial charge in [-0.2, -0.15) is 13.2 Å². The summed E-state index contributed by atoms with van der Waals surface area (Å²) < 4.78 is 39.8. The van der Waals surface area contributed by atoms with Gasteiger partial charge in [-0.05, 0) is 27.7 Å². The number of hydrogen-bond acceptors (Lipinski definition) is 4. The van der Waals surface area contributed by atoms with Crippen LogP contribution in [0, 0.1) is 33.6 Å². The van der Waals surface area contributed by atoms with Crippen molar-refractivity contribution in [1.82, 2.24) is 9.97 Å². The van der Waals surface area contributed by atoms with Gasteiger partial charge in [0.15, 0.2) is 5.92 Å². The molecule has 0 bridgehead atoms. The van der Waals surface area contributed by atoms with Crippen LogP contribution in [0.5, 0.6) is 0 Å². The van der Waals surface area contributed by atoms with E-state index >= 15 is 0 Å². The predicted octanol–water partition coefficient (Wildman–Crippen LogP) is 4.37. The molecule has 0 aliphatic rings. The number of alkyl halides is 3. The summed E-state index contributed by atoms with van der Waals surface area (Å²) in [7, 11) is 0. The fourth-order valence-corrected chi connectivity index (χ4v) is 3.52. The van der Waals surface area contributed by atoms with E-state index in [9.17, 15) is 13.2 Å². The minimum atomic E-state index is -4.45. The molecule has 0 amide bonds. The smallest absolute Gasteiger partial charge is 0.245 e. The van der Waals surface area contributed by atoms with Gasteiger partial charge in [0.25, 0.3) is 0 Å². The second-order valence-corrected chi connectivity index (χ2v) is 6.60. The highest BCUT2D eigenvalue weighted by Crippen LogP contribution is 2.42. The highest BCUT2D eigenvalue weighted by Gasteiger charge is 2.47. The Morgan fingerprint density at radius 2 is 1.21 bits per heavy atom. The molecule has 0 spiro atoms.